The average Bonchev–Trinajstić information content (AvgIpc) is 2.98. The fourth-order valence-electron chi connectivity index (χ4n) is 5.43. The molecule has 0 amide bonds. The SMILES string of the molecule is CC(=O)C=C(C)C.CCCCCC(C)(C)C/C=C\C(C)(C)O.CCCCCC(C)(C)CC#CC(C)(C)O.CCCCCC(C)(C)CC(C)=O.CCCCCCl. The second-order valence-electron chi connectivity index (χ2n) is 19.3. The summed E-state index contributed by atoms with van der Waals surface area (Å²) < 4.78 is 0. The van der Waals surface area contributed by atoms with Gasteiger partial charge in [-0.1, -0.05) is 169 Å². The van der Waals surface area contributed by atoms with E-state index in [9.17, 15) is 19.8 Å². The number of halogens is 1. The Morgan fingerprint density at radius 1 is 0.600 bits per heavy atom. The summed E-state index contributed by atoms with van der Waals surface area (Å²) >= 11 is 5.38. The Hall–Kier alpha value is -1.41. The van der Waals surface area contributed by atoms with Crippen molar-refractivity contribution in [2.75, 3.05) is 5.88 Å². The number of rotatable bonds is 22. The molecule has 0 aromatic carbocycles. The van der Waals surface area contributed by atoms with Gasteiger partial charge in [-0.2, -0.15) is 0 Å². The van der Waals surface area contributed by atoms with Gasteiger partial charge in [0.15, 0.2) is 5.78 Å². The van der Waals surface area contributed by atoms with Gasteiger partial charge in [0.05, 0.1) is 5.60 Å². The minimum absolute atomic E-state index is 0.125. The number of aliphatic hydroxyl groups is 2. The molecule has 0 fully saturated rings. The molecule has 0 atom stereocenters. The third-order valence-corrected chi connectivity index (χ3v) is 8.75. The van der Waals surface area contributed by atoms with Crippen LogP contribution in [0.2, 0.25) is 0 Å². The molecule has 0 bridgehead atoms. The number of ketones is 2. The normalized spacial score (nSPS) is 11.6. The van der Waals surface area contributed by atoms with Crippen molar-refractivity contribution in [3.8, 4) is 11.8 Å². The van der Waals surface area contributed by atoms with Gasteiger partial charge in [0.25, 0.3) is 0 Å². The number of carbonyl (C=O) groups is 2. The maximum absolute atomic E-state index is 10.9. The van der Waals surface area contributed by atoms with E-state index >= 15 is 0 Å². The minimum Gasteiger partial charge on any atom is -0.386 e. The van der Waals surface area contributed by atoms with Crippen LogP contribution in [0.15, 0.2) is 23.8 Å². The van der Waals surface area contributed by atoms with Crippen molar-refractivity contribution >= 4 is 23.2 Å². The van der Waals surface area contributed by atoms with E-state index in [1.54, 1.807) is 33.8 Å². The highest BCUT2D eigenvalue weighted by molar-refractivity contribution is 6.17. The molecule has 0 heterocycles. The first-order chi connectivity index (χ1) is 25.1. The smallest absolute Gasteiger partial charge is 0.152 e. The molecule has 0 aromatic heterocycles. The first kappa shape index (κ1) is 62.8. The molecule has 0 rings (SSSR count). The quantitative estimate of drug-likeness (QED) is 0.0376. The molecule has 0 radical (unpaired) electrons. The second-order valence-corrected chi connectivity index (χ2v) is 19.6. The number of Topliss-reactive ketones (excluding diaryl/α,β-unsaturated/α-hetero) is 1. The van der Waals surface area contributed by atoms with Crippen LogP contribution in [0.3, 0.4) is 0 Å². The van der Waals surface area contributed by atoms with Crippen LogP contribution in [-0.2, 0) is 9.59 Å². The van der Waals surface area contributed by atoms with Crippen LogP contribution in [0.4, 0.5) is 0 Å². The Balaban J connectivity index is -0.000000197. The summed E-state index contributed by atoms with van der Waals surface area (Å²) in [5, 5.41) is 19.0. The molecule has 0 saturated carbocycles. The largest absolute Gasteiger partial charge is 0.386 e. The lowest BCUT2D eigenvalue weighted by molar-refractivity contribution is -0.119. The van der Waals surface area contributed by atoms with Crippen LogP contribution >= 0.6 is 11.6 Å². The zero-order valence-corrected chi connectivity index (χ0v) is 41.0. The van der Waals surface area contributed by atoms with E-state index in [1.807, 2.05) is 33.8 Å². The molecule has 0 aliphatic carbocycles. The fourth-order valence-corrected chi connectivity index (χ4v) is 5.62. The summed E-state index contributed by atoms with van der Waals surface area (Å²) in [6, 6.07) is 0. The summed E-state index contributed by atoms with van der Waals surface area (Å²) in [7, 11) is 0. The molecular formula is C50H97ClO4. The molecule has 0 aliphatic rings. The third kappa shape index (κ3) is 67.7. The molecule has 0 spiro atoms. The summed E-state index contributed by atoms with van der Waals surface area (Å²) in [5.74, 6) is 7.23. The van der Waals surface area contributed by atoms with Crippen LogP contribution in [0, 0.1) is 28.1 Å². The minimum atomic E-state index is -0.848. The molecule has 2 N–H and O–H groups in total. The molecule has 4 nitrogen and oxygen atoms in total. The van der Waals surface area contributed by atoms with Crippen LogP contribution in [0.1, 0.15) is 240 Å². The van der Waals surface area contributed by atoms with Crippen molar-refractivity contribution in [3.63, 3.8) is 0 Å². The number of carbonyl (C=O) groups excluding carboxylic acids is 2. The monoisotopic (exact) mass is 797 g/mol. The third-order valence-electron chi connectivity index (χ3n) is 8.49. The average molecular weight is 798 g/mol. The van der Waals surface area contributed by atoms with E-state index in [0.29, 0.717) is 11.2 Å². The highest BCUT2D eigenvalue weighted by atomic mass is 35.5. The second kappa shape index (κ2) is 36.9. The predicted molar refractivity (Wildman–Crippen MR) is 248 cm³/mol. The van der Waals surface area contributed by atoms with Gasteiger partial charge in [0.1, 0.15) is 11.4 Å². The lowest BCUT2D eigenvalue weighted by Crippen LogP contribution is -2.15. The van der Waals surface area contributed by atoms with Gasteiger partial charge in [-0.3, -0.25) is 4.79 Å². The lowest BCUT2D eigenvalue weighted by Gasteiger charge is -2.23. The van der Waals surface area contributed by atoms with Gasteiger partial charge in [-0.05, 0) is 110 Å². The van der Waals surface area contributed by atoms with Gasteiger partial charge < -0.3 is 15.0 Å². The van der Waals surface area contributed by atoms with Crippen LogP contribution in [-0.4, -0.2) is 38.9 Å². The van der Waals surface area contributed by atoms with Crippen molar-refractivity contribution < 1.29 is 19.8 Å². The predicted octanol–water partition coefficient (Wildman–Crippen LogP) is 15.6. The van der Waals surface area contributed by atoms with E-state index in [-0.39, 0.29) is 16.6 Å². The number of alkyl halides is 1. The van der Waals surface area contributed by atoms with E-state index in [0.717, 1.165) is 30.7 Å². The van der Waals surface area contributed by atoms with E-state index in [1.165, 1.54) is 96.3 Å². The molecule has 55 heavy (non-hydrogen) atoms. The molecule has 5 heteroatoms. The van der Waals surface area contributed by atoms with Gasteiger partial charge in [-0.25, -0.2) is 0 Å². The van der Waals surface area contributed by atoms with E-state index in [4.69, 9.17) is 11.6 Å². The van der Waals surface area contributed by atoms with Crippen molar-refractivity contribution in [3.05, 3.63) is 23.8 Å². The van der Waals surface area contributed by atoms with E-state index in [2.05, 4.69) is 87.2 Å². The van der Waals surface area contributed by atoms with Gasteiger partial charge in [-0.15, -0.1) is 11.6 Å². The first-order valence-electron chi connectivity index (χ1n) is 21.9. The van der Waals surface area contributed by atoms with Crippen molar-refractivity contribution in [2.45, 2.75) is 251 Å². The first-order valence-corrected chi connectivity index (χ1v) is 22.4. The number of allylic oxidation sites excluding steroid dienone is 3. The number of hydrogen-bond donors (Lipinski definition) is 2. The topological polar surface area (TPSA) is 74.6 Å². The lowest BCUT2D eigenvalue weighted by atomic mass is 9.82. The van der Waals surface area contributed by atoms with Gasteiger partial charge >= 0.3 is 0 Å². The maximum Gasteiger partial charge on any atom is 0.152 e. The Kier molecular flexibility index (Phi) is 42.1. The molecule has 0 unspecified atom stereocenters. The summed E-state index contributed by atoms with van der Waals surface area (Å²) in [5.41, 5.74) is 0.428. The van der Waals surface area contributed by atoms with Crippen LogP contribution < -0.4 is 0 Å². The summed E-state index contributed by atoms with van der Waals surface area (Å²) in [6.45, 7) is 36.4. The Morgan fingerprint density at radius 2 is 1.00 bits per heavy atom. The fraction of sp³-hybridized carbons (Fsp3) is 0.840. The van der Waals surface area contributed by atoms with Crippen LogP contribution in [0.25, 0.3) is 0 Å². The highest BCUT2D eigenvalue weighted by Crippen LogP contribution is 2.29. The standard InChI is InChI=1S/C14H28O.C14H26O.C11H22O.C6H10O.C5H11Cl/c2*1-6-7-8-10-13(2,3)11-9-12-14(4,5)15;1-5-6-7-8-11(3,4)9-10(2)12;1-5(2)4-6(3)7;1-2-3-4-5-6/h9,12,15H,6-8,10-11H2,1-5H3;15H,6-8,10-11H2,1-5H3;5-9H2,1-4H3;4H,1-3H3;2-5H2,1H3/b12-9-;;;;. The van der Waals surface area contributed by atoms with E-state index < -0.39 is 11.2 Å². The molecular weight excluding hydrogens is 700 g/mol. The van der Waals surface area contributed by atoms with Crippen LogP contribution in [0.5, 0.6) is 0 Å². The number of unbranched alkanes of at least 4 members (excludes halogenated alkanes) is 8. The maximum atomic E-state index is 10.9. The highest BCUT2D eigenvalue weighted by Gasteiger charge is 2.19. The number of hydrogen-bond acceptors (Lipinski definition) is 4. The van der Waals surface area contributed by atoms with Gasteiger partial charge in [0.2, 0.25) is 0 Å². The molecule has 0 saturated heterocycles. The van der Waals surface area contributed by atoms with Crippen molar-refractivity contribution in [2.24, 2.45) is 16.2 Å². The Bertz CT molecular complexity index is 1010. The Morgan fingerprint density at radius 3 is 1.29 bits per heavy atom. The Labute approximate surface area is 350 Å². The summed E-state index contributed by atoms with van der Waals surface area (Å²) in [6.07, 6.45) is 27.3. The molecule has 0 aromatic rings. The molecule has 328 valence electrons. The van der Waals surface area contributed by atoms with Crippen molar-refractivity contribution in [1.82, 2.24) is 0 Å². The van der Waals surface area contributed by atoms with Crippen molar-refractivity contribution in [1.29, 1.82) is 0 Å². The zero-order valence-electron chi connectivity index (χ0n) is 40.3. The zero-order chi connectivity index (χ0) is 44.2. The summed E-state index contributed by atoms with van der Waals surface area (Å²) in [4.78, 5) is 21.1. The van der Waals surface area contributed by atoms with Gasteiger partial charge in [0, 0.05) is 18.7 Å². The molecule has 0 aliphatic heterocycles.